The molecule has 0 unspecified atom stereocenters. The molecular formula is C15H15N5O2. The van der Waals surface area contributed by atoms with Crippen molar-refractivity contribution in [2.24, 2.45) is 0 Å². The number of piperidine rings is 1. The molecule has 1 amide bonds. The predicted octanol–water partition coefficient (Wildman–Crippen LogP) is 2.08. The minimum absolute atomic E-state index is 0.0481. The molecule has 3 aromatic rings. The lowest BCUT2D eigenvalue weighted by atomic mass is 9.98. The Morgan fingerprint density at radius 2 is 2.18 bits per heavy atom. The minimum Gasteiger partial charge on any atom is -0.351 e. The van der Waals surface area contributed by atoms with Gasteiger partial charge in [0, 0.05) is 31.2 Å². The first kappa shape index (κ1) is 13.0. The number of fused-ring (bicyclic) bond motifs is 1. The molecule has 4 heterocycles. The van der Waals surface area contributed by atoms with Gasteiger partial charge in [-0.25, -0.2) is 9.97 Å². The maximum Gasteiger partial charge on any atom is 0.293 e. The van der Waals surface area contributed by atoms with Crippen LogP contribution in [0.2, 0.25) is 0 Å². The second-order valence-electron chi connectivity index (χ2n) is 5.37. The summed E-state index contributed by atoms with van der Waals surface area (Å²) >= 11 is 0. The third kappa shape index (κ3) is 2.14. The molecule has 1 atom stereocenters. The maximum atomic E-state index is 12.6. The molecule has 0 radical (unpaired) electrons. The molecule has 0 aliphatic carbocycles. The first-order valence-electron chi connectivity index (χ1n) is 7.34. The molecule has 4 rings (SSSR count). The van der Waals surface area contributed by atoms with E-state index in [0.29, 0.717) is 12.3 Å². The van der Waals surface area contributed by atoms with Crippen molar-refractivity contribution in [3.8, 4) is 0 Å². The number of hydrogen-bond donors (Lipinski definition) is 0. The second-order valence-corrected chi connectivity index (χ2v) is 5.37. The molecule has 1 fully saturated rings. The molecule has 0 saturated carbocycles. The van der Waals surface area contributed by atoms with Crippen LogP contribution in [0.25, 0.3) is 5.78 Å². The number of hydrogen-bond acceptors (Lipinski definition) is 5. The average Bonchev–Trinajstić information content (AvgIpc) is 3.24. The highest BCUT2D eigenvalue weighted by Gasteiger charge is 2.31. The SMILES string of the molecule is O=C(c1ccno1)N1CCCC[C@H]1c1ccn2ccnc2n1. The van der Waals surface area contributed by atoms with Crippen molar-refractivity contribution in [1.82, 2.24) is 24.4 Å². The van der Waals surface area contributed by atoms with Crippen LogP contribution in [0.4, 0.5) is 0 Å². The van der Waals surface area contributed by atoms with Gasteiger partial charge in [0.05, 0.1) is 17.9 Å². The highest BCUT2D eigenvalue weighted by Crippen LogP contribution is 2.31. The smallest absolute Gasteiger partial charge is 0.293 e. The van der Waals surface area contributed by atoms with Crippen LogP contribution in [0.1, 0.15) is 41.6 Å². The lowest BCUT2D eigenvalue weighted by molar-refractivity contribution is 0.0564. The molecule has 7 nitrogen and oxygen atoms in total. The Hall–Kier alpha value is -2.70. The van der Waals surface area contributed by atoms with Crippen molar-refractivity contribution in [2.45, 2.75) is 25.3 Å². The summed E-state index contributed by atoms with van der Waals surface area (Å²) in [6.45, 7) is 0.700. The molecule has 0 bridgehead atoms. The van der Waals surface area contributed by atoms with Gasteiger partial charge >= 0.3 is 0 Å². The van der Waals surface area contributed by atoms with Gasteiger partial charge in [0.25, 0.3) is 5.91 Å². The second kappa shape index (κ2) is 5.25. The van der Waals surface area contributed by atoms with E-state index in [0.717, 1.165) is 25.0 Å². The molecule has 0 aromatic carbocycles. The van der Waals surface area contributed by atoms with E-state index < -0.39 is 0 Å². The van der Waals surface area contributed by atoms with Crippen LogP contribution in [-0.2, 0) is 0 Å². The van der Waals surface area contributed by atoms with Crippen molar-refractivity contribution < 1.29 is 9.32 Å². The van der Waals surface area contributed by atoms with E-state index in [1.807, 2.05) is 27.8 Å². The molecule has 22 heavy (non-hydrogen) atoms. The minimum atomic E-state index is -0.132. The van der Waals surface area contributed by atoms with E-state index in [2.05, 4.69) is 15.1 Å². The summed E-state index contributed by atoms with van der Waals surface area (Å²) in [4.78, 5) is 23.2. The van der Waals surface area contributed by atoms with Gasteiger partial charge in [-0.2, -0.15) is 0 Å². The quantitative estimate of drug-likeness (QED) is 0.724. The van der Waals surface area contributed by atoms with Gasteiger partial charge in [-0.3, -0.25) is 9.20 Å². The Bertz CT molecular complexity index is 795. The molecule has 7 heteroatoms. The van der Waals surface area contributed by atoms with Crippen LogP contribution in [0.15, 0.2) is 41.4 Å². The summed E-state index contributed by atoms with van der Waals surface area (Å²) in [6, 6.07) is 3.50. The number of carbonyl (C=O) groups excluding carboxylic acids is 1. The number of rotatable bonds is 2. The Morgan fingerprint density at radius 1 is 1.23 bits per heavy atom. The van der Waals surface area contributed by atoms with Gasteiger partial charge in [0.15, 0.2) is 0 Å². The first-order valence-corrected chi connectivity index (χ1v) is 7.34. The molecule has 1 saturated heterocycles. The third-order valence-electron chi connectivity index (χ3n) is 4.04. The van der Waals surface area contributed by atoms with Gasteiger partial charge in [-0.15, -0.1) is 0 Å². The van der Waals surface area contributed by atoms with E-state index in [1.54, 1.807) is 12.3 Å². The van der Waals surface area contributed by atoms with E-state index in [4.69, 9.17) is 4.52 Å². The maximum absolute atomic E-state index is 12.6. The number of likely N-dealkylation sites (tertiary alicyclic amines) is 1. The van der Waals surface area contributed by atoms with Crippen LogP contribution in [0.3, 0.4) is 0 Å². The zero-order valence-corrected chi connectivity index (χ0v) is 11.9. The monoisotopic (exact) mass is 297 g/mol. The number of carbonyl (C=O) groups is 1. The lowest BCUT2D eigenvalue weighted by Crippen LogP contribution is -2.38. The average molecular weight is 297 g/mol. The topological polar surface area (TPSA) is 76.5 Å². The number of amides is 1. The van der Waals surface area contributed by atoms with Gasteiger partial charge in [0.1, 0.15) is 0 Å². The van der Waals surface area contributed by atoms with Crippen molar-refractivity contribution >= 4 is 11.7 Å². The Morgan fingerprint density at radius 3 is 3.05 bits per heavy atom. The van der Waals surface area contributed by atoms with Crippen LogP contribution >= 0.6 is 0 Å². The van der Waals surface area contributed by atoms with Crippen LogP contribution < -0.4 is 0 Å². The molecule has 1 aliphatic rings. The largest absolute Gasteiger partial charge is 0.351 e. The predicted molar refractivity (Wildman–Crippen MR) is 77.1 cm³/mol. The van der Waals surface area contributed by atoms with Crippen molar-refractivity contribution in [1.29, 1.82) is 0 Å². The Labute approximate surface area is 126 Å². The van der Waals surface area contributed by atoms with Gasteiger partial charge in [0.2, 0.25) is 11.5 Å². The normalized spacial score (nSPS) is 18.7. The fraction of sp³-hybridized carbons (Fsp3) is 0.333. The van der Waals surface area contributed by atoms with Crippen molar-refractivity contribution in [3.05, 3.63) is 48.4 Å². The van der Waals surface area contributed by atoms with E-state index in [1.165, 1.54) is 6.20 Å². The zero-order valence-electron chi connectivity index (χ0n) is 11.9. The van der Waals surface area contributed by atoms with E-state index in [9.17, 15) is 4.79 Å². The van der Waals surface area contributed by atoms with Crippen LogP contribution in [-0.4, -0.2) is 36.9 Å². The third-order valence-corrected chi connectivity index (χ3v) is 4.04. The van der Waals surface area contributed by atoms with Crippen molar-refractivity contribution in [2.75, 3.05) is 6.54 Å². The lowest BCUT2D eigenvalue weighted by Gasteiger charge is -2.34. The first-order chi connectivity index (χ1) is 10.8. The van der Waals surface area contributed by atoms with Crippen LogP contribution in [0.5, 0.6) is 0 Å². The summed E-state index contributed by atoms with van der Waals surface area (Å²) in [5, 5.41) is 3.62. The summed E-state index contributed by atoms with van der Waals surface area (Å²) in [6.07, 6.45) is 9.93. The van der Waals surface area contributed by atoms with Gasteiger partial charge < -0.3 is 9.42 Å². The highest BCUT2D eigenvalue weighted by atomic mass is 16.5. The summed E-state index contributed by atoms with van der Waals surface area (Å²) in [5.74, 6) is 0.788. The molecule has 112 valence electrons. The van der Waals surface area contributed by atoms with E-state index >= 15 is 0 Å². The molecule has 1 aliphatic heterocycles. The number of imidazole rings is 1. The standard InChI is InChI=1S/C15H15N5O2/c21-14(13-4-6-17-22-13)20-8-2-1-3-12(20)11-5-9-19-10-7-16-15(19)18-11/h4-7,9-10,12H,1-3,8H2/t12-/m0/s1. The highest BCUT2D eigenvalue weighted by molar-refractivity contribution is 5.91. The van der Waals surface area contributed by atoms with E-state index in [-0.39, 0.29) is 17.7 Å². The molecule has 3 aromatic heterocycles. The van der Waals surface area contributed by atoms with Gasteiger partial charge in [-0.1, -0.05) is 5.16 Å². The Balaban J connectivity index is 1.69. The Kier molecular flexibility index (Phi) is 3.10. The summed E-state index contributed by atoms with van der Waals surface area (Å²) in [5.41, 5.74) is 0.867. The van der Waals surface area contributed by atoms with Crippen LogP contribution in [0, 0.1) is 0 Å². The molecule has 0 N–H and O–H groups in total. The molecule has 0 spiro atoms. The summed E-state index contributed by atoms with van der Waals surface area (Å²) < 4.78 is 6.87. The molecular weight excluding hydrogens is 282 g/mol. The fourth-order valence-electron chi connectivity index (χ4n) is 2.95. The number of nitrogens with zero attached hydrogens (tertiary/aromatic N) is 5. The van der Waals surface area contributed by atoms with Crippen molar-refractivity contribution in [3.63, 3.8) is 0 Å². The fourth-order valence-corrected chi connectivity index (χ4v) is 2.95. The zero-order chi connectivity index (χ0) is 14.9. The summed E-state index contributed by atoms with van der Waals surface area (Å²) in [7, 11) is 0. The van der Waals surface area contributed by atoms with Gasteiger partial charge in [-0.05, 0) is 25.3 Å². The number of aromatic nitrogens is 4.